The fourth-order valence-corrected chi connectivity index (χ4v) is 3.20. The van der Waals surface area contributed by atoms with Crippen LogP contribution >= 0.6 is 12.4 Å². The molecular formula is C18H26ClF3N2O2. The Balaban J connectivity index is 0.00000338. The minimum atomic E-state index is -4.37. The molecule has 1 amide bonds. The third-order valence-corrected chi connectivity index (χ3v) is 4.71. The van der Waals surface area contributed by atoms with Crippen LogP contribution < -0.4 is 15.8 Å². The largest absolute Gasteiger partial charge is 0.484 e. The average Bonchev–Trinajstić information content (AvgIpc) is 2.52. The van der Waals surface area contributed by atoms with Crippen molar-refractivity contribution in [1.82, 2.24) is 5.32 Å². The van der Waals surface area contributed by atoms with Gasteiger partial charge in [-0.05, 0) is 44.4 Å². The zero-order chi connectivity index (χ0) is 18.7. The van der Waals surface area contributed by atoms with Crippen LogP contribution in [0.1, 0.15) is 51.1 Å². The highest BCUT2D eigenvalue weighted by Gasteiger charge is 2.38. The quantitative estimate of drug-likeness (QED) is 0.789. The summed E-state index contributed by atoms with van der Waals surface area (Å²) in [5.41, 5.74) is 6.55. The van der Waals surface area contributed by atoms with Gasteiger partial charge in [0.1, 0.15) is 5.75 Å². The van der Waals surface area contributed by atoms with E-state index in [0.29, 0.717) is 0 Å². The predicted octanol–water partition coefficient (Wildman–Crippen LogP) is 4.13. The van der Waals surface area contributed by atoms with E-state index < -0.39 is 18.3 Å². The molecule has 1 fully saturated rings. The van der Waals surface area contributed by atoms with Crippen LogP contribution in [-0.2, 0) is 4.79 Å². The molecule has 3 N–H and O–H groups in total. The number of halogens is 4. The molecular weight excluding hydrogens is 369 g/mol. The molecule has 0 aromatic heterocycles. The molecule has 0 bridgehead atoms. The maximum Gasteiger partial charge on any atom is 0.422 e. The molecule has 26 heavy (non-hydrogen) atoms. The van der Waals surface area contributed by atoms with Crippen molar-refractivity contribution in [3.8, 4) is 5.75 Å². The number of benzene rings is 1. The highest BCUT2D eigenvalue weighted by Crippen LogP contribution is 2.32. The summed E-state index contributed by atoms with van der Waals surface area (Å²) in [6, 6.07) is 5.98. The Morgan fingerprint density at radius 2 is 1.96 bits per heavy atom. The van der Waals surface area contributed by atoms with Gasteiger partial charge in [0.15, 0.2) is 6.61 Å². The van der Waals surface area contributed by atoms with Crippen LogP contribution in [0.2, 0.25) is 0 Å². The van der Waals surface area contributed by atoms with E-state index in [-0.39, 0.29) is 36.0 Å². The van der Waals surface area contributed by atoms with Gasteiger partial charge in [0.25, 0.3) is 0 Å². The lowest BCUT2D eigenvalue weighted by atomic mass is 9.74. The number of carbonyl (C=O) groups is 1. The van der Waals surface area contributed by atoms with E-state index in [4.69, 9.17) is 5.73 Å². The van der Waals surface area contributed by atoms with E-state index in [1.165, 1.54) is 12.1 Å². The molecule has 1 aliphatic carbocycles. The van der Waals surface area contributed by atoms with Crippen LogP contribution in [0, 0.1) is 5.92 Å². The van der Waals surface area contributed by atoms with Gasteiger partial charge in [-0.25, -0.2) is 0 Å². The maximum absolute atomic E-state index is 12.5. The lowest BCUT2D eigenvalue weighted by molar-refractivity contribution is -0.153. The van der Waals surface area contributed by atoms with Gasteiger partial charge in [0, 0.05) is 5.54 Å². The number of hydrogen-bond donors (Lipinski definition) is 2. The monoisotopic (exact) mass is 394 g/mol. The molecule has 1 aliphatic rings. The third kappa shape index (κ3) is 6.36. The number of alkyl halides is 3. The summed E-state index contributed by atoms with van der Waals surface area (Å²) in [5, 5.41) is 2.96. The summed E-state index contributed by atoms with van der Waals surface area (Å²) in [7, 11) is 0. The first-order valence-corrected chi connectivity index (χ1v) is 8.47. The fraction of sp³-hybridized carbons (Fsp3) is 0.611. The molecule has 1 aromatic carbocycles. The lowest BCUT2D eigenvalue weighted by Gasteiger charge is -2.37. The molecule has 3 unspecified atom stereocenters. The SMILES string of the molecule is CC(NC(=O)C1CCCCC1(C)N)c1ccc(OCC(F)(F)F)cc1.Cl. The smallest absolute Gasteiger partial charge is 0.422 e. The zero-order valence-electron chi connectivity index (χ0n) is 14.9. The maximum atomic E-state index is 12.5. The minimum Gasteiger partial charge on any atom is -0.484 e. The van der Waals surface area contributed by atoms with E-state index in [2.05, 4.69) is 10.1 Å². The summed E-state index contributed by atoms with van der Waals surface area (Å²) >= 11 is 0. The third-order valence-electron chi connectivity index (χ3n) is 4.71. The number of nitrogens with two attached hydrogens (primary N) is 1. The number of hydrogen-bond acceptors (Lipinski definition) is 3. The molecule has 0 heterocycles. The van der Waals surface area contributed by atoms with Crippen molar-refractivity contribution in [2.75, 3.05) is 6.61 Å². The Labute approximate surface area is 158 Å². The summed E-state index contributed by atoms with van der Waals surface area (Å²) in [6.07, 6.45) is -0.745. The second-order valence-corrected chi connectivity index (χ2v) is 7.01. The van der Waals surface area contributed by atoms with Crippen molar-refractivity contribution in [2.45, 2.75) is 57.3 Å². The first kappa shape index (κ1) is 22.6. The summed E-state index contributed by atoms with van der Waals surface area (Å²) in [6.45, 7) is 2.42. The number of ether oxygens (including phenoxy) is 1. The normalized spacial score (nSPS) is 24.3. The molecule has 1 aromatic rings. The topological polar surface area (TPSA) is 64.4 Å². The van der Waals surface area contributed by atoms with Gasteiger partial charge in [0.05, 0.1) is 12.0 Å². The number of nitrogens with one attached hydrogen (secondary N) is 1. The zero-order valence-corrected chi connectivity index (χ0v) is 15.8. The highest BCUT2D eigenvalue weighted by molar-refractivity contribution is 5.85. The van der Waals surface area contributed by atoms with Crippen molar-refractivity contribution >= 4 is 18.3 Å². The Kier molecular flexibility index (Phi) is 7.77. The van der Waals surface area contributed by atoms with Crippen LogP contribution in [-0.4, -0.2) is 24.2 Å². The van der Waals surface area contributed by atoms with E-state index in [9.17, 15) is 18.0 Å². The van der Waals surface area contributed by atoms with Crippen molar-refractivity contribution in [1.29, 1.82) is 0 Å². The Morgan fingerprint density at radius 3 is 2.50 bits per heavy atom. The highest BCUT2D eigenvalue weighted by atomic mass is 35.5. The van der Waals surface area contributed by atoms with E-state index >= 15 is 0 Å². The van der Waals surface area contributed by atoms with Crippen LogP contribution in [0.15, 0.2) is 24.3 Å². The van der Waals surface area contributed by atoms with E-state index in [1.807, 2.05) is 13.8 Å². The molecule has 8 heteroatoms. The standard InChI is InChI=1S/C18H25F3N2O2.ClH/c1-12(23-16(24)15-5-3-4-10-17(15,2)22)13-6-8-14(9-7-13)25-11-18(19,20)21;/h6-9,12,15H,3-5,10-11,22H2,1-2H3,(H,23,24);1H. The van der Waals surface area contributed by atoms with Crippen molar-refractivity contribution in [3.63, 3.8) is 0 Å². The molecule has 4 nitrogen and oxygen atoms in total. The number of carbonyl (C=O) groups excluding carboxylic acids is 1. The predicted molar refractivity (Wildman–Crippen MR) is 96.3 cm³/mol. The molecule has 2 rings (SSSR count). The fourth-order valence-electron chi connectivity index (χ4n) is 3.20. The Bertz CT molecular complexity index is 591. The molecule has 0 radical (unpaired) electrons. The first-order valence-electron chi connectivity index (χ1n) is 8.47. The van der Waals surface area contributed by atoms with Gasteiger partial charge in [-0.2, -0.15) is 13.2 Å². The summed E-state index contributed by atoms with van der Waals surface area (Å²) in [4.78, 5) is 12.5. The average molecular weight is 395 g/mol. The van der Waals surface area contributed by atoms with Gasteiger partial charge < -0.3 is 15.8 Å². The number of rotatable bonds is 5. The van der Waals surface area contributed by atoms with E-state index in [0.717, 1.165) is 31.2 Å². The van der Waals surface area contributed by atoms with Gasteiger partial charge in [-0.1, -0.05) is 25.0 Å². The first-order chi connectivity index (χ1) is 11.6. The van der Waals surface area contributed by atoms with Crippen molar-refractivity contribution in [3.05, 3.63) is 29.8 Å². The molecule has 0 spiro atoms. The van der Waals surface area contributed by atoms with E-state index in [1.54, 1.807) is 12.1 Å². The lowest BCUT2D eigenvalue weighted by Crippen LogP contribution is -2.53. The van der Waals surface area contributed by atoms with Crippen LogP contribution in [0.25, 0.3) is 0 Å². The van der Waals surface area contributed by atoms with Crippen LogP contribution in [0.3, 0.4) is 0 Å². The van der Waals surface area contributed by atoms with Gasteiger partial charge >= 0.3 is 6.18 Å². The Hall–Kier alpha value is -1.47. The van der Waals surface area contributed by atoms with Crippen LogP contribution in [0.5, 0.6) is 5.75 Å². The molecule has 1 saturated carbocycles. The summed E-state index contributed by atoms with van der Waals surface area (Å²) < 4.78 is 41.1. The molecule has 0 saturated heterocycles. The molecule has 3 atom stereocenters. The van der Waals surface area contributed by atoms with Gasteiger partial charge in [-0.3, -0.25) is 4.79 Å². The van der Waals surface area contributed by atoms with Crippen LogP contribution in [0.4, 0.5) is 13.2 Å². The second kappa shape index (κ2) is 8.95. The van der Waals surface area contributed by atoms with Gasteiger partial charge in [-0.15, -0.1) is 12.4 Å². The molecule has 0 aliphatic heterocycles. The second-order valence-electron chi connectivity index (χ2n) is 7.01. The van der Waals surface area contributed by atoms with Crippen molar-refractivity contribution in [2.24, 2.45) is 11.7 Å². The van der Waals surface area contributed by atoms with Crippen molar-refractivity contribution < 1.29 is 22.7 Å². The summed E-state index contributed by atoms with van der Waals surface area (Å²) in [5.74, 6) is -0.158. The minimum absolute atomic E-state index is 0. The Morgan fingerprint density at radius 1 is 1.35 bits per heavy atom. The van der Waals surface area contributed by atoms with Gasteiger partial charge in [0.2, 0.25) is 5.91 Å². The number of amides is 1. The molecule has 148 valence electrons.